The Hall–Kier alpha value is -1.41. The van der Waals surface area contributed by atoms with Gasteiger partial charge in [0.25, 0.3) is 5.88 Å². The average molecular weight is 342 g/mol. The van der Waals surface area contributed by atoms with E-state index in [9.17, 15) is 8.42 Å². The van der Waals surface area contributed by atoms with Crippen LogP contribution in [-0.2, 0) is 10.0 Å². The van der Waals surface area contributed by atoms with E-state index in [1.54, 1.807) is 16.7 Å². The Kier molecular flexibility index (Phi) is 5.80. The molecule has 1 aliphatic rings. The molecule has 23 heavy (non-hydrogen) atoms. The molecule has 8 heteroatoms. The number of anilines is 1. The number of ether oxygens (including phenoxy) is 1. The van der Waals surface area contributed by atoms with Crippen LogP contribution in [0.15, 0.2) is 12.4 Å². The van der Waals surface area contributed by atoms with Crippen molar-refractivity contribution in [3.05, 3.63) is 12.4 Å². The van der Waals surface area contributed by atoms with Crippen molar-refractivity contribution in [2.75, 3.05) is 30.8 Å². The SMILES string of the molecule is CCN(C1CCN(c2nccnc2OC(C)C)CC1)S(C)(=O)=O. The molecule has 1 saturated heterocycles. The molecule has 0 aromatic carbocycles. The molecule has 1 aromatic rings. The van der Waals surface area contributed by atoms with Crippen LogP contribution >= 0.6 is 0 Å². The van der Waals surface area contributed by atoms with Crippen molar-refractivity contribution < 1.29 is 13.2 Å². The van der Waals surface area contributed by atoms with Gasteiger partial charge < -0.3 is 9.64 Å². The van der Waals surface area contributed by atoms with Crippen LogP contribution in [0.5, 0.6) is 5.88 Å². The maximum absolute atomic E-state index is 11.9. The molecule has 0 amide bonds. The second-order valence-corrected chi connectivity index (χ2v) is 7.97. The zero-order valence-electron chi connectivity index (χ0n) is 14.3. The third kappa shape index (κ3) is 4.54. The predicted molar refractivity (Wildman–Crippen MR) is 90.3 cm³/mol. The molecule has 0 unspecified atom stereocenters. The van der Waals surface area contributed by atoms with Crippen molar-refractivity contribution >= 4 is 15.8 Å². The van der Waals surface area contributed by atoms with E-state index in [2.05, 4.69) is 14.9 Å². The van der Waals surface area contributed by atoms with E-state index < -0.39 is 10.0 Å². The Bertz CT molecular complexity index is 613. The van der Waals surface area contributed by atoms with Crippen molar-refractivity contribution in [1.29, 1.82) is 0 Å². The van der Waals surface area contributed by atoms with Gasteiger partial charge >= 0.3 is 0 Å². The van der Waals surface area contributed by atoms with Crippen molar-refractivity contribution in [1.82, 2.24) is 14.3 Å². The fraction of sp³-hybridized carbons (Fsp3) is 0.733. The molecule has 0 atom stereocenters. The number of hydrogen-bond donors (Lipinski definition) is 0. The summed E-state index contributed by atoms with van der Waals surface area (Å²) in [6.07, 6.45) is 6.14. The summed E-state index contributed by atoms with van der Waals surface area (Å²) in [5.41, 5.74) is 0. The van der Waals surface area contributed by atoms with Gasteiger partial charge in [0.2, 0.25) is 10.0 Å². The Morgan fingerprint density at radius 3 is 2.43 bits per heavy atom. The van der Waals surface area contributed by atoms with Crippen molar-refractivity contribution in [3.63, 3.8) is 0 Å². The molecule has 7 nitrogen and oxygen atoms in total. The molecule has 0 bridgehead atoms. The Morgan fingerprint density at radius 2 is 1.91 bits per heavy atom. The number of nitrogens with zero attached hydrogens (tertiary/aromatic N) is 4. The first-order chi connectivity index (χ1) is 10.8. The first-order valence-electron chi connectivity index (χ1n) is 8.02. The van der Waals surface area contributed by atoms with E-state index in [0.29, 0.717) is 12.4 Å². The summed E-state index contributed by atoms with van der Waals surface area (Å²) in [7, 11) is -3.16. The summed E-state index contributed by atoms with van der Waals surface area (Å²) < 4.78 is 31.0. The van der Waals surface area contributed by atoms with Crippen LogP contribution in [0.1, 0.15) is 33.6 Å². The Balaban J connectivity index is 2.08. The molecule has 0 radical (unpaired) electrons. The number of rotatable bonds is 6. The molecule has 0 N–H and O–H groups in total. The molecule has 1 aromatic heterocycles. The van der Waals surface area contributed by atoms with Gasteiger partial charge in [0, 0.05) is 38.1 Å². The maximum atomic E-state index is 11.9. The van der Waals surface area contributed by atoms with E-state index in [-0.39, 0.29) is 12.1 Å². The van der Waals surface area contributed by atoms with E-state index in [4.69, 9.17) is 4.74 Å². The predicted octanol–water partition coefficient (Wildman–Crippen LogP) is 1.51. The molecular weight excluding hydrogens is 316 g/mol. The van der Waals surface area contributed by atoms with Crippen LogP contribution in [0.3, 0.4) is 0 Å². The lowest BCUT2D eigenvalue weighted by molar-refractivity contribution is 0.230. The summed E-state index contributed by atoms with van der Waals surface area (Å²) in [4.78, 5) is 10.8. The van der Waals surface area contributed by atoms with Crippen molar-refractivity contribution in [3.8, 4) is 5.88 Å². The molecule has 2 heterocycles. The fourth-order valence-electron chi connectivity index (χ4n) is 2.97. The number of aromatic nitrogens is 2. The highest BCUT2D eigenvalue weighted by molar-refractivity contribution is 7.88. The minimum absolute atomic E-state index is 0.0313. The Morgan fingerprint density at radius 1 is 1.30 bits per heavy atom. The average Bonchev–Trinajstić information content (AvgIpc) is 2.47. The first-order valence-corrected chi connectivity index (χ1v) is 9.87. The normalized spacial score (nSPS) is 17.0. The minimum atomic E-state index is -3.16. The van der Waals surface area contributed by atoms with Crippen molar-refractivity contribution in [2.24, 2.45) is 0 Å². The van der Waals surface area contributed by atoms with E-state index >= 15 is 0 Å². The summed E-state index contributed by atoms with van der Waals surface area (Å²) in [6.45, 7) is 7.78. The van der Waals surface area contributed by atoms with Gasteiger partial charge in [-0.15, -0.1) is 0 Å². The largest absolute Gasteiger partial charge is 0.472 e. The summed E-state index contributed by atoms with van der Waals surface area (Å²) in [6, 6.07) is 0.0531. The van der Waals surface area contributed by atoms with Crippen LogP contribution in [0.2, 0.25) is 0 Å². The summed E-state index contributed by atoms with van der Waals surface area (Å²) in [5.74, 6) is 1.28. The van der Waals surface area contributed by atoms with E-state index in [1.807, 2.05) is 20.8 Å². The van der Waals surface area contributed by atoms with Gasteiger partial charge in [0.15, 0.2) is 5.82 Å². The molecule has 2 rings (SSSR count). The smallest absolute Gasteiger partial charge is 0.257 e. The molecule has 0 spiro atoms. The molecular formula is C15H26N4O3S. The van der Waals surface area contributed by atoms with E-state index in [1.165, 1.54) is 6.26 Å². The summed E-state index contributed by atoms with van der Waals surface area (Å²) >= 11 is 0. The summed E-state index contributed by atoms with van der Waals surface area (Å²) in [5, 5.41) is 0. The highest BCUT2D eigenvalue weighted by Crippen LogP contribution is 2.28. The minimum Gasteiger partial charge on any atom is -0.472 e. The van der Waals surface area contributed by atoms with Gasteiger partial charge in [0.1, 0.15) is 0 Å². The Labute approximate surface area is 138 Å². The second-order valence-electron chi connectivity index (χ2n) is 6.04. The van der Waals surface area contributed by atoms with Crippen LogP contribution in [0.4, 0.5) is 5.82 Å². The number of hydrogen-bond acceptors (Lipinski definition) is 6. The maximum Gasteiger partial charge on any atom is 0.257 e. The first kappa shape index (κ1) is 17.9. The number of sulfonamides is 1. The molecule has 1 aliphatic heterocycles. The topological polar surface area (TPSA) is 75.6 Å². The van der Waals surface area contributed by atoms with Crippen LogP contribution < -0.4 is 9.64 Å². The van der Waals surface area contributed by atoms with Gasteiger partial charge in [0.05, 0.1) is 12.4 Å². The molecule has 1 fully saturated rings. The van der Waals surface area contributed by atoms with Crippen LogP contribution in [0, 0.1) is 0 Å². The van der Waals surface area contributed by atoms with Crippen molar-refractivity contribution in [2.45, 2.75) is 45.8 Å². The number of piperidine rings is 1. The monoisotopic (exact) mass is 342 g/mol. The van der Waals surface area contributed by atoms with Crippen LogP contribution in [0.25, 0.3) is 0 Å². The molecule has 0 aliphatic carbocycles. The highest BCUT2D eigenvalue weighted by atomic mass is 32.2. The van der Waals surface area contributed by atoms with Crippen LogP contribution in [-0.4, -0.2) is 60.7 Å². The van der Waals surface area contributed by atoms with Gasteiger partial charge in [-0.3, -0.25) is 0 Å². The highest BCUT2D eigenvalue weighted by Gasteiger charge is 2.30. The third-order valence-electron chi connectivity index (χ3n) is 3.90. The lowest BCUT2D eigenvalue weighted by Crippen LogP contribution is -2.47. The van der Waals surface area contributed by atoms with Gasteiger partial charge in [-0.1, -0.05) is 6.92 Å². The van der Waals surface area contributed by atoms with E-state index in [0.717, 1.165) is 31.7 Å². The molecule has 130 valence electrons. The lowest BCUT2D eigenvalue weighted by atomic mass is 10.1. The second kappa shape index (κ2) is 7.44. The van der Waals surface area contributed by atoms with Gasteiger partial charge in [-0.2, -0.15) is 4.31 Å². The third-order valence-corrected chi connectivity index (χ3v) is 5.31. The molecule has 0 saturated carbocycles. The quantitative estimate of drug-likeness (QED) is 0.780. The lowest BCUT2D eigenvalue weighted by Gasteiger charge is -2.37. The fourth-order valence-corrected chi connectivity index (χ4v) is 4.19. The van der Waals surface area contributed by atoms with Gasteiger partial charge in [-0.25, -0.2) is 18.4 Å². The standard InChI is InChI=1S/C15H26N4O3S/c1-5-19(23(4,20)21)13-6-10-18(11-7-13)14-15(22-12(2)3)17-9-8-16-14/h8-9,12-13H,5-7,10-11H2,1-4H3. The zero-order valence-corrected chi connectivity index (χ0v) is 15.1. The zero-order chi connectivity index (χ0) is 17.0. The van der Waals surface area contributed by atoms with Gasteiger partial charge in [-0.05, 0) is 26.7 Å².